The van der Waals surface area contributed by atoms with Crippen LogP contribution >= 0.6 is 11.3 Å². The molecule has 1 N–H and O–H groups in total. The third-order valence-corrected chi connectivity index (χ3v) is 5.54. The molecule has 2 atom stereocenters. The van der Waals surface area contributed by atoms with E-state index in [4.69, 9.17) is 0 Å². The predicted molar refractivity (Wildman–Crippen MR) is 91.5 cm³/mol. The molecule has 0 aromatic carbocycles. The summed E-state index contributed by atoms with van der Waals surface area (Å²) in [5.41, 5.74) is 1.22. The second-order valence-corrected chi connectivity index (χ2v) is 7.06. The fraction of sp³-hybridized carbons (Fsp3) is 0.471. The number of aromatic nitrogens is 2. The lowest BCUT2D eigenvalue weighted by Gasteiger charge is -2.25. The van der Waals surface area contributed by atoms with Gasteiger partial charge in [0.05, 0.1) is 11.2 Å². The predicted octanol–water partition coefficient (Wildman–Crippen LogP) is 2.52. The Kier molecular flexibility index (Phi) is 5.03. The Hall–Kier alpha value is -1.79. The normalized spacial score (nSPS) is 21.5. The van der Waals surface area contributed by atoms with Gasteiger partial charge in [-0.25, -0.2) is 4.98 Å². The molecule has 2 aromatic rings. The van der Waals surface area contributed by atoms with Crippen molar-refractivity contribution in [1.29, 1.82) is 0 Å². The van der Waals surface area contributed by atoms with Gasteiger partial charge in [-0.1, -0.05) is 13.0 Å². The van der Waals surface area contributed by atoms with Gasteiger partial charge in [0.2, 0.25) is 0 Å². The molecule has 3 heterocycles. The van der Waals surface area contributed by atoms with Crippen molar-refractivity contribution in [2.75, 3.05) is 20.1 Å². The maximum absolute atomic E-state index is 12.3. The highest BCUT2D eigenvalue weighted by Gasteiger charge is 2.33. The van der Waals surface area contributed by atoms with Gasteiger partial charge in [-0.15, -0.1) is 11.3 Å². The van der Waals surface area contributed by atoms with Crippen LogP contribution in [0.4, 0.5) is 0 Å². The highest BCUT2D eigenvalue weighted by atomic mass is 32.1. The molecule has 23 heavy (non-hydrogen) atoms. The second-order valence-electron chi connectivity index (χ2n) is 5.94. The smallest absolute Gasteiger partial charge is 0.263 e. The Morgan fingerprint density at radius 1 is 1.48 bits per heavy atom. The molecule has 0 saturated carbocycles. The van der Waals surface area contributed by atoms with Gasteiger partial charge < -0.3 is 5.32 Å². The molecule has 0 bridgehead atoms. The van der Waals surface area contributed by atoms with Gasteiger partial charge >= 0.3 is 0 Å². The quantitative estimate of drug-likeness (QED) is 0.915. The van der Waals surface area contributed by atoms with Gasteiger partial charge in [-0.05, 0) is 44.0 Å². The van der Waals surface area contributed by atoms with Crippen molar-refractivity contribution in [2.24, 2.45) is 5.92 Å². The summed E-state index contributed by atoms with van der Waals surface area (Å²) in [7, 11) is 2.14. The molecule has 5 nitrogen and oxygen atoms in total. The summed E-state index contributed by atoms with van der Waals surface area (Å²) in [6, 6.07) is 4.41. The minimum Gasteiger partial charge on any atom is -0.351 e. The van der Waals surface area contributed by atoms with Gasteiger partial charge in [-0.3, -0.25) is 14.7 Å². The molecule has 0 radical (unpaired) electrons. The Balaban J connectivity index is 1.64. The molecule has 3 rings (SSSR count). The molecule has 0 aliphatic carbocycles. The molecule has 1 aliphatic heterocycles. The number of carbonyl (C=O) groups excluding carboxylic acids is 1. The van der Waals surface area contributed by atoms with Crippen LogP contribution in [0.2, 0.25) is 0 Å². The van der Waals surface area contributed by atoms with E-state index in [-0.39, 0.29) is 5.91 Å². The van der Waals surface area contributed by atoms with E-state index in [1.165, 1.54) is 16.9 Å². The number of hydrogen-bond donors (Lipinski definition) is 1. The van der Waals surface area contributed by atoms with E-state index >= 15 is 0 Å². The lowest BCUT2D eigenvalue weighted by molar-refractivity contribution is 0.0947. The summed E-state index contributed by atoms with van der Waals surface area (Å²) in [4.78, 5) is 23.8. The number of nitrogens with zero attached hydrogens (tertiary/aromatic N) is 3. The van der Waals surface area contributed by atoms with Crippen LogP contribution in [0.25, 0.3) is 0 Å². The van der Waals surface area contributed by atoms with Gasteiger partial charge in [0.15, 0.2) is 0 Å². The standard InChI is InChI=1S/C17H22N4OS/c1-3-15-19-11-14(23-15)17(22)20-10-13-6-8-21(2)16(13)12-5-4-7-18-9-12/h4-5,7,9,11,13,16H,3,6,8,10H2,1-2H3,(H,20,22)/t13-,16-/m0/s1. The number of aryl methyl sites for hydroxylation is 1. The summed E-state index contributed by atoms with van der Waals surface area (Å²) in [5, 5.41) is 4.09. The number of likely N-dealkylation sites (tertiary alicyclic amines) is 1. The maximum atomic E-state index is 12.3. The number of amides is 1. The van der Waals surface area contributed by atoms with Gasteiger partial charge in [0.25, 0.3) is 5.91 Å². The number of carbonyl (C=O) groups is 1. The number of nitrogens with one attached hydrogen (secondary N) is 1. The highest BCUT2D eigenvalue weighted by molar-refractivity contribution is 7.13. The minimum absolute atomic E-state index is 0.0123. The van der Waals surface area contributed by atoms with Crippen LogP contribution in [0, 0.1) is 5.92 Å². The van der Waals surface area contributed by atoms with Crippen LogP contribution in [0.5, 0.6) is 0 Å². The van der Waals surface area contributed by atoms with Crippen LogP contribution in [-0.4, -0.2) is 40.9 Å². The molecule has 122 valence electrons. The van der Waals surface area contributed by atoms with Crippen molar-refractivity contribution in [3.05, 3.63) is 46.2 Å². The molecule has 2 aromatic heterocycles. The second kappa shape index (κ2) is 7.19. The van der Waals surface area contributed by atoms with Gasteiger partial charge in [0, 0.05) is 25.0 Å². The Morgan fingerprint density at radius 3 is 3.04 bits per heavy atom. The summed E-state index contributed by atoms with van der Waals surface area (Å²) in [6.45, 7) is 3.77. The largest absolute Gasteiger partial charge is 0.351 e. The molecule has 1 fully saturated rings. The average molecular weight is 330 g/mol. The van der Waals surface area contributed by atoms with Crippen molar-refractivity contribution >= 4 is 17.2 Å². The first kappa shape index (κ1) is 16.1. The van der Waals surface area contributed by atoms with E-state index in [0.29, 0.717) is 23.4 Å². The van der Waals surface area contributed by atoms with E-state index in [1.807, 2.05) is 19.2 Å². The fourth-order valence-corrected chi connectivity index (χ4v) is 3.98. The number of thiazole rings is 1. The zero-order chi connectivity index (χ0) is 16.2. The lowest BCUT2D eigenvalue weighted by atomic mass is 9.95. The average Bonchev–Trinajstić information content (AvgIpc) is 3.20. The zero-order valence-corrected chi connectivity index (χ0v) is 14.3. The highest BCUT2D eigenvalue weighted by Crippen LogP contribution is 2.35. The lowest BCUT2D eigenvalue weighted by Crippen LogP contribution is -2.32. The summed E-state index contributed by atoms with van der Waals surface area (Å²) in [5.74, 6) is 0.397. The van der Waals surface area contributed by atoms with Crippen LogP contribution in [0.3, 0.4) is 0 Å². The summed E-state index contributed by atoms with van der Waals surface area (Å²) in [6.07, 6.45) is 7.36. The summed E-state index contributed by atoms with van der Waals surface area (Å²) >= 11 is 1.48. The van der Waals surface area contributed by atoms with E-state index in [1.54, 1.807) is 12.4 Å². The van der Waals surface area contributed by atoms with Crippen LogP contribution in [0.1, 0.15) is 39.6 Å². The number of hydrogen-bond acceptors (Lipinski definition) is 5. The SMILES string of the molecule is CCc1ncc(C(=O)NC[C@@H]2CCN(C)[C@H]2c2cccnc2)s1. The summed E-state index contributed by atoms with van der Waals surface area (Å²) < 4.78 is 0. The monoisotopic (exact) mass is 330 g/mol. The number of pyridine rings is 1. The van der Waals surface area contributed by atoms with E-state index < -0.39 is 0 Å². The minimum atomic E-state index is -0.0123. The van der Waals surface area contributed by atoms with E-state index in [0.717, 1.165) is 24.4 Å². The van der Waals surface area contributed by atoms with Crippen molar-refractivity contribution < 1.29 is 4.79 Å². The zero-order valence-electron chi connectivity index (χ0n) is 13.5. The first-order valence-corrected chi connectivity index (χ1v) is 8.83. The third-order valence-electron chi connectivity index (χ3n) is 4.40. The molecular formula is C17H22N4OS. The maximum Gasteiger partial charge on any atom is 0.263 e. The van der Waals surface area contributed by atoms with Gasteiger partial charge in [-0.2, -0.15) is 0 Å². The van der Waals surface area contributed by atoms with Gasteiger partial charge in [0.1, 0.15) is 4.88 Å². The Morgan fingerprint density at radius 2 is 2.35 bits per heavy atom. The molecule has 0 unspecified atom stereocenters. The van der Waals surface area contributed by atoms with Crippen molar-refractivity contribution in [1.82, 2.24) is 20.2 Å². The van der Waals surface area contributed by atoms with E-state index in [2.05, 4.69) is 33.3 Å². The van der Waals surface area contributed by atoms with Crippen LogP contribution in [0.15, 0.2) is 30.7 Å². The van der Waals surface area contributed by atoms with Crippen molar-refractivity contribution in [3.8, 4) is 0 Å². The first-order chi connectivity index (χ1) is 11.2. The molecular weight excluding hydrogens is 308 g/mol. The molecule has 6 heteroatoms. The Bertz CT molecular complexity index is 658. The number of rotatable bonds is 5. The molecule has 1 amide bonds. The third kappa shape index (κ3) is 3.59. The van der Waals surface area contributed by atoms with Crippen LogP contribution < -0.4 is 5.32 Å². The van der Waals surface area contributed by atoms with Crippen LogP contribution in [-0.2, 0) is 6.42 Å². The van der Waals surface area contributed by atoms with Crippen molar-refractivity contribution in [2.45, 2.75) is 25.8 Å². The first-order valence-electron chi connectivity index (χ1n) is 8.02. The van der Waals surface area contributed by atoms with Crippen molar-refractivity contribution in [3.63, 3.8) is 0 Å². The molecule has 0 spiro atoms. The Labute approximate surface area is 140 Å². The molecule has 1 saturated heterocycles. The topological polar surface area (TPSA) is 58.1 Å². The van der Waals surface area contributed by atoms with E-state index in [9.17, 15) is 4.79 Å². The molecule has 1 aliphatic rings. The fourth-order valence-electron chi connectivity index (χ4n) is 3.21.